The molecular formula is C16H28N4O. The molecule has 1 aliphatic heterocycles. The summed E-state index contributed by atoms with van der Waals surface area (Å²) in [4.78, 5) is 0. The van der Waals surface area contributed by atoms with E-state index in [9.17, 15) is 0 Å². The van der Waals surface area contributed by atoms with E-state index in [1.165, 1.54) is 32.1 Å². The fourth-order valence-corrected chi connectivity index (χ4v) is 3.65. The standard InChI is InChI=1S/C16H28N4O/c1-13(2)17-11-14-12-20(19-18-14)15-6-9-21-16(10-15)7-4-3-5-8-16/h12-13,15,17H,3-11H2,1-2H3. The lowest BCUT2D eigenvalue weighted by atomic mass is 9.78. The van der Waals surface area contributed by atoms with Crippen molar-refractivity contribution in [1.82, 2.24) is 20.3 Å². The van der Waals surface area contributed by atoms with E-state index in [4.69, 9.17) is 4.74 Å². The Kier molecular flexibility index (Phi) is 4.60. The molecule has 1 saturated heterocycles. The van der Waals surface area contributed by atoms with Crippen LogP contribution in [-0.2, 0) is 11.3 Å². The fraction of sp³-hybridized carbons (Fsp3) is 0.875. The van der Waals surface area contributed by atoms with Crippen LogP contribution in [0.15, 0.2) is 6.20 Å². The van der Waals surface area contributed by atoms with E-state index in [2.05, 4.69) is 40.4 Å². The smallest absolute Gasteiger partial charge is 0.0965 e. The lowest BCUT2D eigenvalue weighted by molar-refractivity contribution is -0.115. The quantitative estimate of drug-likeness (QED) is 0.927. The zero-order valence-electron chi connectivity index (χ0n) is 13.3. The molecule has 118 valence electrons. The number of hydrogen-bond donors (Lipinski definition) is 1. The van der Waals surface area contributed by atoms with E-state index in [1.54, 1.807) is 0 Å². The molecule has 1 aliphatic carbocycles. The molecule has 1 aromatic heterocycles. The number of hydrogen-bond acceptors (Lipinski definition) is 4. The van der Waals surface area contributed by atoms with Gasteiger partial charge in [-0.2, -0.15) is 0 Å². The van der Waals surface area contributed by atoms with Gasteiger partial charge in [-0.15, -0.1) is 5.10 Å². The predicted octanol–water partition coefficient (Wildman–Crippen LogP) is 2.83. The van der Waals surface area contributed by atoms with Gasteiger partial charge in [0.25, 0.3) is 0 Å². The second-order valence-electron chi connectivity index (χ2n) is 6.96. The van der Waals surface area contributed by atoms with Crippen molar-refractivity contribution < 1.29 is 4.74 Å². The Balaban J connectivity index is 1.63. The van der Waals surface area contributed by atoms with E-state index in [0.717, 1.165) is 31.7 Å². The van der Waals surface area contributed by atoms with Crippen molar-refractivity contribution >= 4 is 0 Å². The third-order valence-corrected chi connectivity index (χ3v) is 4.86. The molecule has 5 heteroatoms. The number of aromatic nitrogens is 3. The van der Waals surface area contributed by atoms with Crippen molar-refractivity contribution in [2.45, 2.75) is 83.0 Å². The van der Waals surface area contributed by atoms with Crippen LogP contribution in [0.4, 0.5) is 0 Å². The third-order valence-electron chi connectivity index (χ3n) is 4.86. The van der Waals surface area contributed by atoms with Gasteiger partial charge in [-0.25, -0.2) is 4.68 Å². The highest BCUT2D eigenvalue weighted by atomic mass is 16.5. The highest BCUT2D eigenvalue weighted by molar-refractivity contribution is 4.96. The van der Waals surface area contributed by atoms with Crippen LogP contribution in [0.5, 0.6) is 0 Å². The molecule has 2 fully saturated rings. The van der Waals surface area contributed by atoms with Gasteiger partial charge in [-0.3, -0.25) is 0 Å². The van der Waals surface area contributed by atoms with E-state index < -0.39 is 0 Å². The van der Waals surface area contributed by atoms with Gasteiger partial charge in [0.1, 0.15) is 0 Å². The van der Waals surface area contributed by atoms with Crippen molar-refractivity contribution in [3.63, 3.8) is 0 Å². The molecule has 0 aromatic carbocycles. The SMILES string of the molecule is CC(C)NCc1cn(C2CCOC3(CCCCC3)C2)nn1. The maximum absolute atomic E-state index is 6.17. The van der Waals surface area contributed by atoms with Gasteiger partial charge in [0.15, 0.2) is 0 Å². The lowest BCUT2D eigenvalue weighted by Crippen LogP contribution is -2.42. The summed E-state index contributed by atoms with van der Waals surface area (Å²) >= 11 is 0. The van der Waals surface area contributed by atoms with Crippen molar-refractivity contribution in [3.05, 3.63) is 11.9 Å². The van der Waals surface area contributed by atoms with E-state index >= 15 is 0 Å². The average Bonchev–Trinajstić information content (AvgIpc) is 2.95. The van der Waals surface area contributed by atoms with Gasteiger partial charge in [0, 0.05) is 19.2 Å². The summed E-state index contributed by atoms with van der Waals surface area (Å²) in [7, 11) is 0. The molecule has 1 saturated carbocycles. The highest BCUT2D eigenvalue weighted by Crippen LogP contribution is 2.41. The maximum Gasteiger partial charge on any atom is 0.0965 e. The fourth-order valence-electron chi connectivity index (χ4n) is 3.65. The first-order valence-corrected chi connectivity index (χ1v) is 8.45. The monoisotopic (exact) mass is 292 g/mol. The van der Waals surface area contributed by atoms with Gasteiger partial charge in [-0.1, -0.05) is 38.3 Å². The predicted molar refractivity (Wildman–Crippen MR) is 82.0 cm³/mol. The van der Waals surface area contributed by atoms with Gasteiger partial charge < -0.3 is 10.1 Å². The minimum absolute atomic E-state index is 0.128. The first-order chi connectivity index (χ1) is 10.2. The van der Waals surface area contributed by atoms with Crippen LogP contribution in [0.2, 0.25) is 0 Å². The van der Waals surface area contributed by atoms with Gasteiger partial charge >= 0.3 is 0 Å². The number of nitrogens with one attached hydrogen (secondary N) is 1. The average molecular weight is 292 g/mol. The van der Waals surface area contributed by atoms with E-state index in [1.807, 2.05) is 0 Å². The zero-order valence-corrected chi connectivity index (χ0v) is 13.3. The Morgan fingerprint density at radius 2 is 2.19 bits per heavy atom. The molecule has 2 aliphatic rings. The molecule has 1 atom stereocenters. The first kappa shape index (κ1) is 15.0. The van der Waals surface area contributed by atoms with Crippen LogP contribution < -0.4 is 5.32 Å². The first-order valence-electron chi connectivity index (χ1n) is 8.45. The molecule has 0 bridgehead atoms. The summed E-state index contributed by atoms with van der Waals surface area (Å²) in [6.07, 6.45) is 10.7. The van der Waals surface area contributed by atoms with Crippen molar-refractivity contribution in [2.75, 3.05) is 6.61 Å². The summed E-state index contributed by atoms with van der Waals surface area (Å²) in [5.41, 5.74) is 1.16. The van der Waals surface area contributed by atoms with Crippen molar-refractivity contribution in [3.8, 4) is 0 Å². The van der Waals surface area contributed by atoms with Gasteiger partial charge in [0.2, 0.25) is 0 Å². The molecule has 21 heavy (non-hydrogen) atoms. The third kappa shape index (κ3) is 3.64. The minimum Gasteiger partial charge on any atom is -0.375 e. The molecule has 2 heterocycles. The minimum atomic E-state index is 0.128. The lowest BCUT2D eigenvalue weighted by Gasteiger charge is -2.43. The maximum atomic E-state index is 6.17. The number of nitrogens with zero attached hydrogens (tertiary/aromatic N) is 3. The van der Waals surface area contributed by atoms with Crippen LogP contribution in [0.25, 0.3) is 0 Å². The Morgan fingerprint density at radius 1 is 1.38 bits per heavy atom. The van der Waals surface area contributed by atoms with Crippen molar-refractivity contribution in [2.24, 2.45) is 0 Å². The molecule has 1 aromatic rings. The van der Waals surface area contributed by atoms with Crippen LogP contribution >= 0.6 is 0 Å². The Bertz CT molecular complexity index is 445. The van der Waals surface area contributed by atoms with E-state index in [0.29, 0.717) is 12.1 Å². The van der Waals surface area contributed by atoms with Gasteiger partial charge in [-0.05, 0) is 25.7 Å². The van der Waals surface area contributed by atoms with Crippen LogP contribution in [-0.4, -0.2) is 33.2 Å². The van der Waals surface area contributed by atoms with Crippen LogP contribution in [0, 0.1) is 0 Å². The highest BCUT2D eigenvalue weighted by Gasteiger charge is 2.39. The second-order valence-corrected chi connectivity index (χ2v) is 6.96. The Morgan fingerprint density at radius 3 is 2.95 bits per heavy atom. The molecule has 1 N–H and O–H groups in total. The summed E-state index contributed by atoms with van der Waals surface area (Å²) in [5.74, 6) is 0. The molecule has 1 unspecified atom stereocenters. The van der Waals surface area contributed by atoms with Gasteiger partial charge in [0.05, 0.1) is 23.5 Å². The zero-order chi connectivity index (χ0) is 14.7. The number of rotatable bonds is 4. The molecule has 5 nitrogen and oxygen atoms in total. The molecule has 0 amide bonds. The second kappa shape index (κ2) is 6.44. The van der Waals surface area contributed by atoms with Crippen molar-refractivity contribution in [1.29, 1.82) is 0 Å². The summed E-state index contributed by atoms with van der Waals surface area (Å²) < 4.78 is 8.25. The molecule has 0 radical (unpaired) electrons. The normalized spacial score (nSPS) is 25.6. The largest absolute Gasteiger partial charge is 0.375 e. The topological polar surface area (TPSA) is 52.0 Å². The van der Waals surface area contributed by atoms with E-state index in [-0.39, 0.29) is 5.60 Å². The molecular weight excluding hydrogens is 264 g/mol. The molecule has 1 spiro atoms. The van der Waals surface area contributed by atoms with Crippen LogP contribution in [0.1, 0.15) is 70.5 Å². The summed E-state index contributed by atoms with van der Waals surface area (Å²) in [6, 6.07) is 0.931. The van der Waals surface area contributed by atoms with Crippen LogP contribution in [0.3, 0.4) is 0 Å². The number of ether oxygens (including phenoxy) is 1. The summed E-state index contributed by atoms with van der Waals surface area (Å²) in [5, 5.41) is 12.1. The Labute approximate surface area is 127 Å². The summed E-state index contributed by atoms with van der Waals surface area (Å²) in [6.45, 7) is 5.96. The Hall–Kier alpha value is -0.940. The molecule has 3 rings (SSSR count).